The number of rotatable bonds is 4. The van der Waals surface area contributed by atoms with Crippen molar-refractivity contribution in [2.45, 2.75) is 12.8 Å². The molecule has 1 amide bonds. The Labute approximate surface area is 125 Å². The predicted molar refractivity (Wildman–Crippen MR) is 82.6 cm³/mol. The Bertz CT molecular complexity index is 512. The molecule has 21 heavy (non-hydrogen) atoms. The Morgan fingerprint density at radius 2 is 2.38 bits per heavy atom. The molecule has 2 N–H and O–H groups in total. The fourth-order valence-corrected chi connectivity index (χ4v) is 3.41. The molecular formula is C16H23N3O2. The molecule has 0 aromatic heterocycles. The van der Waals surface area contributed by atoms with Crippen molar-refractivity contribution in [3.05, 3.63) is 24.3 Å². The third kappa shape index (κ3) is 3.36. The molecule has 1 atom stereocenters. The summed E-state index contributed by atoms with van der Waals surface area (Å²) >= 11 is 0. The van der Waals surface area contributed by atoms with Crippen LogP contribution < -0.4 is 15.4 Å². The molecule has 1 unspecified atom stereocenters. The Morgan fingerprint density at radius 3 is 3.14 bits per heavy atom. The van der Waals surface area contributed by atoms with Crippen LogP contribution in [0, 0.1) is 5.41 Å². The topological polar surface area (TPSA) is 53.6 Å². The van der Waals surface area contributed by atoms with Gasteiger partial charge in [-0.05, 0) is 43.5 Å². The first kappa shape index (κ1) is 14.4. The van der Waals surface area contributed by atoms with E-state index < -0.39 is 0 Å². The van der Waals surface area contributed by atoms with E-state index in [1.807, 2.05) is 24.3 Å². The second kappa shape index (κ2) is 6.03. The zero-order chi connectivity index (χ0) is 14.7. The van der Waals surface area contributed by atoms with Crippen LogP contribution in [0.5, 0.6) is 5.75 Å². The Hall–Kier alpha value is -1.59. The van der Waals surface area contributed by atoms with E-state index in [2.05, 4.69) is 15.5 Å². The monoisotopic (exact) mass is 289 g/mol. The first-order chi connectivity index (χ1) is 10.2. The summed E-state index contributed by atoms with van der Waals surface area (Å²) in [5, 5.41) is 6.39. The van der Waals surface area contributed by atoms with Crippen LogP contribution in [0.1, 0.15) is 12.8 Å². The molecule has 1 spiro atoms. The van der Waals surface area contributed by atoms with Crippen molar-refractivity contribution >= 4 is 11.6 Å². The van der Waals surface area contributed by atoms with Gasteiger partial charge < -0.3 is 15.4 Å². The third-order valence-corrected chi connectivity index (χ3v) is 4.57. The summed E-state index contributed by atoms with van der Waals surface area (Å²) in [5.41, 5.74) is 1.20. The first-order valence-corrected chi connectivity index (χ1v) is 7.56. The van der Waals surface area contributed by atoms with Gasteiger partial charge in [-0.2, -0.15) is 0 Å². The maximum absolute atomic E-state index is 12.2. The van der Waals surface area contributed by atoms with E-state index in [1.165, 1.54) is 12.8 Å². The maximum Gasteiger partial charge on any atom is 0.238 e. The normalized spacial score (nSPS) is 25.4. The standard InChI is InChI=1S/C16H23N3O2/c1-21-14-4-2-3-13(9-14)18-15(20)10-19-8-6-16(12-19)5-7-17-11-16/h2-4,9,17H,5-8,10-12H2,1H3,(H,18,20). The highest BCUT2D eigenvalue weighted by molar-refractivity contribution is 5.92. The summed E-state index contributed by atoms with van der Waals surface area (Å²) in [6.07, 6.45) is 2.44. The molecule has 2 fully saturated rings. The van der Waals surface area contributed by atoms with Crippen molar-refractivity contribution in [1.82, 2.24) is 10.2 Å². The fourth-order valence-electron chi connectivity index (χ4n) is 3.41. The molecule has 0 bridgehead atoms. The number of benzene rings is 1. The summed E-state index contributed by atoms with van der Waals surface area (Å²) in [4.78, 5) is 14.4. The van der Waals surface area contributed by atoms with Gasteiger partial charge >= 0.3 is 0 Å². The number of anilines is 1. The number of amides is 1. The molecule has 2 saturated heterocycles. The number of hydrogen-bond acceptors (Lipinski definition) is 4. The maximum atomic E-state index is 12.2. The number of methoxy groups -OCH3 is 1. The minimum Gasteiger partial charge on any atom is -0.497 e. The van der Waals surface area contributed by atoms with Gasteiger partial charge in [0.15, 0.2) is 0 Å². The smallest absolute Gasteiger partial charge is 0.238 e. The van der Waals surface area contributed by atoms with Gasteiger partial charge in [-0.25, -0.2) is 0 Å². The largest absolute Gasteiger partial charge is 0.497 e. The third-order valence-electron chi connectivity index (χ3n) is 4.57. The van der Waals surface area contributed by atoms with E-state index >= 15 is 0 Å². The summed E-state index contributed by atoms with van der Waals surface area (Å²) in [7, 11) is 1.63. The molecule has 1 aromatic rings. The number of nitrogens with one attached hydrogen (secondary N) is 2. The number of nitrogens with zero attached hydrogens (tertiary/aromatic N) is 1. The van der Waals surface area contributed by atoms with Crippen molar-refractivity contribution in [1.29, 1.82) is 0 Å². The van der Waals surface area contributed by atoms with Gasteiger partial charge in [0, 0.05) is 24.8 Å². The summed E-state index contributed by atoms with van der Waals surface area (Å²) < 4.78 is 5.16. The lowest BCUT2D eigenvalue weighted by atomic mass is 9.87. The Kier molecular flexibility index (Phi) is 4.12. The average Bonchev–Trinajstić information content (AvgIpc) is 3.09. The van der Waals surface area contributed by atoms with Gasteiger partial charge in [-0.1, -0.05) is 6.07 Å². The molecule has 5 nitrogen and oxygen atoms in total. The van der Waals surface area contributed by atoms with Crippen molar-refractivity contribution < 1.29 is 9.53 Å². The molecule has 114 valence electrons. The molecule has 2 heterocycles. The molecule has 5 heteroatoms. The van der Waals surface area contributed by atoms with E-state index in [0.717, 1.165) is 37.6 Å². The van der Waals surface area contributed by atoms with Gasteiger partial charge in [0.2, 0.25) is 5.91 Å². The quantitative estimate of drug-likeness (QED) is 0.878. The van der Waals surface area contributed by atoms with Crippen LogP contribution in [0.25, 0.3) is 0 Å². The number of hydrogen-bond donors (Lipinski definition) is 2. The van der Waals surface area contributed by atoms with Crippen molar-refractivity contribution in [2.24, 2.45) is 5.41 Å². The summed E-state index contributed by atoms with van der Waals surface area (Å²) in [6, 6.07) is 7.47. The van der Waals surface area contributed by atoms with Gasteiger partial charge in [0.05, 0.1) is 13.7 Å². The van der Waals surface area contributed by atoms with Gasteiger partial charge in [-0.15, -0.1) is 0 Å². The number of ether oxygens (including phenoxy) is 1. The van der Waals surface area contributed by atoms with E-state index in [-0.39, 0.29) is 5.91 Å². The van der Waals surface area contributed by atoms with E-state index in [1.54, 1.807) is 7.11 Å². The molecular weight excluding hydrogens is 266 g/mol. The number of carbonyl (C=O) groups is 1. The van der Waals surface area contributed by atoms with E-state index in [0.29, 0.717) is 12.0 Å². The van der Waals surface area contributed by atoms with Crippen LogP contribution in [0.2, 0.25) is 0 Å². The second-order valence-corrected chi connectivity index (χ2v) is 6.17. The van der Waals surface area contributed by atoms with Crippen molar-refractivity contribution in [3.63, 3.8) is 0 Å². The molecule has 2 aliphatic heterocycles. The number of likely N-dealkylation sites (tertiary alicyclic amines) is 1. The minimum atomic E-state index is 0.0475. The van der Waals surface area contributed by atoms with Crippen molar-refractivity contribution in [3.8, 4) is 5.75 Å². The zero-order valence-corrected chi connectivity index (χ0v) is 12.5. The zero-order valence-electron chi connectivity index (χ0n) is 12.5. The Balaban J connectivity index is 1.52. The van der Waals surface area contributed by atoms with Crippen LogP contribution in [0.3, 0.4) is 0 Å². The predicted octanol–water partition coefficient (Wildman–Crippen LogP) is 1.32. The highest BCUT2D eigenvalue weighted by atomic mass is 16.5. The lowest BCUT2D eigenvalue weighted by molar-refractivity contribution is -0.117. The summed E-state index contributed by atoms with van der Waals surface area (Å²) in [5.74, 6) is 0.802. The van der Waals surface area contributed by atoms with Crippen LogP contribution in [0.4, 0.5) is 5.69 Å². The molecule has 0 saturated carbocycles. The van der Waals surface area contributed by atoms with Gasteiger partial charge in [-0.3, -0.25) is 9.69 Å². The molecule has 0 radical (unpaired) electrons. The van der Waals surface area contributed by atoms with Crippen LogP contribution >= 0.6 is 0 Å². The first-order valence-electron chi connectivity index (χ1n) is 7.56. The molecule has 0 aliphatic carbocycles. The molecule has 2 aliphatic rings. The van der Waals surface area contributed by atoms with E-state index in [4.69, 9.17) is 4.74 Å². The van der Waals surface area contributed by atoms with Gasteiger partial charge in [0.25, 0.3) is 0 Å². The number of carbonyl (C=O) groups excluding carboxylic acids is 1. The van der Waals surface area contributed by atoms with Crippen molar-refractivity contribution in [2.75, 3.05) is 45.2 Å². The molecule has 3 rings (SSSR count). The minimum absolute atomic E-state index is 0.0475. The highest BCUT2D eigenvalue weighted by Crippen LogP contribution is 2.35. The highest BCUT2D eigenvalue weighted by Gasteiger charge is 2.40. The lowest BCUT2D eigenvalue weighted by Crippen LogP contribution is -2.34. The Morgan fingerprint density at radius 1 is 1.48 bits per heavy atom. The second-order valence-electron chi connectivity index (χ2n) is 6.17. The van der Waals surface area contributed by atoms with Gasteiger partial charge in [0.1, 0.15) is 5.75 Å². The van der Waals surface area contributed by atoms with Crippen LogP contribution in [-0.4, -0.2) is 50.6 Å². The fraction of sp³-hybridized carbons (Fsp3) is 0.562. The SMILES string of the molecule is COc1cccc(NC(=O)CN2CCC3(CCNC3)C2)c1. The lowest BCUT2D eigenvalue weighted by Gasteiger charge is -2.22. The molecule has 1 aromatic carbocycles. The van der Waals surface area contributed by atoms with Crippen LogP contribution in [-0.2, 0) is 4.79 Å². The summed E-state index contributed by atoms with van der Waals surface area (Å²) in [6.45, 7) is 4.74. The van der Waals surface area contributed by atoms with E-state index in [9.17, 15) is 4.79 Å². The average molecular weight is 289 g/mol. The van der Waals surface area contributed by atoms with Crippen LogP contribution in [0.15, 0.2) is 24.3 Å².